The molecule has 106 valence electrons. The fourth-order valence-electron chi connectivity index (χ4n) is 1.85. The molecule has 1 aromatic carbocycles. The summed E-state index contributed by atoms with van der Waals surface area (Å²) in [7, 11) is 0. The summed E-state index contributed by atoms with van der Waals surface area (Å²) in [5.74, 6) is 3.20. The van der Waals surface area contributed by atoms with Crippen molar-refractivity contribution in [3.63, 3.8) is 0 Å². The van der Waals surface area contributed by atoms with Gasteiger partial charge in [0.05, 0.1) is 6.61 Å². The number of nitrogens with one attached hydrogen (secondary N) is 2. The molecule has 1 aromatic heterocycles. The number of hydrogen-bond acceptors (Lipinski definition) is 5. The molecule has 0 bridgehead atoms. The van der Waals surface area contributed by atoms with Gasteiger partial charge in [-0.2, -0.15) is 0 Å². The molecule has 5 nitrogen and oxygen atoms in total. The van der Waals surface area contributed by atoms with Gasteiger partial charge in [-0.1, -0.05) is 0 Å². The minimum atomic E-state index is 0.671. The lowest BCUT2D eigenvalue weighted by atomic mass is 10.3. The van der Waals surface area contributed by atoms with Crippen molar-refractivity contribution in [1.82, 2.24) is 9.97 Å². The van der Waals surface area contributed by atoms with Crippen LogP contribution in [0.15, 0.2) is 30.3 Å². The Morgan fingerprint density at radius 1 is 1.05 bits per heavy atom. The van der Waals surface area contributed by atoms with Crippen LogP contribution >= 0.6 is 0 Å². The summed E-state index contributed by atoms with van der Waals surface area (Å²) in [6, 6.07) is 9.70. The second-order valence-corrected chi connectivity index (χ2v) is 4.30. The van der Waals surface area contributed by atoms with Crippen LogP contribution in [0.3, 0.4) is 0 Å². The first-order valence-corrected chi connectivity index (χ1v) is 6.80. The highest BCUT2D eigenvalue weighted by Crippen LogP contribution is 2.20. The topological polar surface area (TPSA) is 59.1 Å². The summed E-state index contributed by atoms with van der Waals surface area (Å²) in [6.45, 7) is 7.39. The maximum Gasteiger partial charge on any atom is 0.136 e. The molecule has 1 heterocycles. The number of hydrogen-bond donors (Lipinski definition) is 2. The molecule has 5 heteroatoms. The lowest BCUT2D eigenvalue weighted by Crippen LogP contribution is -2.04. The van der Waals surface area contributed by atoms with E-state index in [-0.39, 0.29) is 0 Å². The van der Waals surface area contributed by atoms with Gasteiger partial charge in [0.15, 0.2) is 0 Å². The number of aromatic nitrogens is 2. The minimum Gasteiger partial charge on any atom is -0.494 e. The van der Waals surface area contributed by atoms with Crippen LogP contribution in [0.25, 0.3) is 0 Å². The summed E-state index contributed by atoms with van der Waals surface area (Å²) in [5.41, 5.74) is 0.967. The third kappa shape index (κ3) is 3.85. The van der Waals surface area contributed by atoms with Crippen LogP contribution in [0, 0.1) is 6.92 Å². The van der Waals surface area contributed by atoms with Gasteiger partial charge in [-0.15, -0.1) is 0 Å². The first-order valence-electron chi connectivity index (χ1n) is 6.80. The Labute approximate surface area is 119 Å². The molecule has 2 N–H and O–H groups in total. The van der Waals surface area contributed by atoms with Crippen molar-refractivity contribution in [3.8, 4) is 5.75 Å². The summed E-state index contributed by atoms with van der Waals surface area (Å²) in [4.78, 5) is 8.70. The Morgan fingerprint density at radius 3 is 2.40 bits per heavy atom. The zero-order valence-corrected chi connectivity index (χ0v) is 12.1. The third-order valence-electron chi connectivity index (χ3n) is 2.63. The average molecular weight is 272 g/mol. The zero-order valence-electron chi connectivity index (χ0n) is 12.1. The van der Waals surface area contributed by atoms with Gasteiger partial charge in [-0.05, 0) is 45.0 Å². The molecule has 0 aliphatic rings. The molecule has 0 aliphatic carbocycles. The van der Waals surface area contributed by atoms with Crippen LogP contribution < -0.4 is 15.4 Å². The Kier molecular flexibility index (Phi) is 4.76. The number of rotatable bonds is 6. The number of aryl methyl sites for hydroxylation is 1. The van der Waals surface area contributed by atoms with E-state index in [1.54, 1.807) is 0 Å². The Morgan fingerprint density at radius 2 is 1.75 bits per heavy atom. The molecule has 0 unspecified atom stereocenters. The van der Waals surface area contributed by atoms with Crippen LogP contribution in [0.1, 0.15) is 19.7 Å². The second kappa shape index (κ2) is 6.75. The summed E-state index contributed by atoms with van der Waals surface area (Å²) >= 11 is 0. The Hall–Kier alpha value is -2.30. The van der Waals surface area contributed by atoms with Gasteiger partial charge in [0, 0.05) is 18.3 Å². The van der Waals surface area contributed by atoms with Crippen LogP contribution in [0.2, 0.25) is 0 Å². The molecule has 0 saturated carbocycles. The van der Waals surface area contributed by atoms with Crippen molar-refractivity contribution < 1.29 is 4.74 Å². The van der Waals surface area contributed by atoms with Crippen molar-refractivity contribution in [2.24, 2.45) is 0 Å². The van der Waals surface area contributed by atoms with Crippen LogP contribution in [0.5, 0.6) is 5.75 Å². The van der Waals surface area contributed by atoms with Gasteiger partial charge in [-0.25, -0.2) is 9.97 Å². The lowest BCUT2D eigenvalue weighted by Gasteiger charge is -2.10. The molecule has 0 spiro atoms. The maximum atomic E-state index is 5.42. The van der Waals surface area contributed by atoms with Gasteiger partial charge in [0.1, 0.15) is 23.2 Å². The van der Waals surface area contributed by atoms with Gasteiger partial charge in [0.2, 0.25) is 0 Å². The standard InChI is InChI=1S/C15H20N4O/c1-4-16-14-10-15(18-11(3)17-14)19-12-6-8-13(9-7-12)20-5-2/h6-10H,4-5H2,1-3H3,(H2,16,17,18,19). The van der Waals surface area contributed by atoms with Crippen molar-refractivity contribution in [2.45, 2.75) is 20.8 Å². The fourth-order valence-corrected chi connectivity index (χ4v) is 1.85. The van der Waals surface area contributed by atoms with Crippen LogP contribution in [0.4, 0.5) is 17.3 Å². The SMILES string of the molecule is CCNc1cc(Nc2ccc(OCC)cc2)nc(C)n1. The first kappa shape index (κ1) is 14.1. The predicted molar refractivity (Wildman–Crippen MR) is 81.8 cm³/mol. The van der Waals surface area contributed by atoms with Crippen molar-refractivity contribution in [2.75, 3.05) is 23.8 Å². The molecule has 0 fully saturated rings. The molecule has 0 aliphatic heterocycles. The molecule has 2 rings (SSSR count). The monoisotopic (exact) mass is 272 g/mol. The van der Waals surface area contributed by atoms with E-state index < -0.39 is 0 Å². The molecule has 0 radical (unpaired) electrons. The smallest absolute Gasteiger partial charge is 0.136 e. The molecular formula is C15H20N4O. The number of nitrogens with zero attached hydrogens (tertiary/aromatic N) is 2. The number of anilines is 3. The van der Waals surface area contributed by atoms with E-state index in [9.17, 15) is 0 Å². The number of benzene rings is 1. The highest BCUT2D eigenvalue weighted by molar-refractivity contribution is 5.59. The van der Waals surface area contributed by atoms with Gasteiger partial charge in [-0.3, -0.25) is 0 Å². The van der Waals surface area contributed by atoms with E-state index in [0.717, 1.165) is 35.4 Å². The average Bonchev–Trinajstić information content (AvgIpc) is 2.41. The highest BCUT2D eigenvalue weighted by atomic mass is 16.5. The molecule has 0 saturated heterocycles. The van der Waals surface area contributed by atoms with Crippen LogP contribution in [-0.4, -0.2) is 23.1 Å². The van der Waals surface area contributed by atoms with E-state index in [1.807, 2.05) is 51.1 Å². The first-order chi connectivity index (χ1) is 9.71. The summed E-state index contributed by atoms with van der Waals surface area (Å²) in [6.07, 6.45) is 0. The van der Waals surface area contributed by atoms with Crippen LogP contribution in [-0.2, 0) is 0 Å². The molecule has 2 aromatic rings. The number of ether oxygens (including phenoxy) is 1. The van der Waals surface area contributed by atoms with Crippen molar-refractivity contribution in [3.05, 3.63) is 36.2 Å². The van der Waals surface area contributed by atoms with Gasteiger partial charge < -0.3 is 15.4 Å². The Bertz CT molecular complexity index is 554. The van der Waals surface area contributed by atoms with E-state index in [1.165, 1.54) is 0 Å². The van der Waals surface area contributed by atoms with Gasteiger partial charge in [0.25, 0.3) is 0 Å². The summed E-state index contributed by atoms with van der Waals surface area (Å²) < 4.78 is 5.42. The van der Waals surface area contributed by atoms with Crippen molar-refractivity contribution >= 4 is 17.3 Å². The third-order valence-corrected chi connectivity index (χ3v) is 2.63. The maximum absolute atomic E-state index is 5.42. The van der Waals surface area contributed by atoms with Gasteiger partial charge >= 0.3 is 0 Å². The zero-order chi connectivity index (χ0) is 14.4. The van der Waals surface area contributed by atoms with E-state index in [2.05, 4.69) is 20.6 Å². The Balaban J connectivity index is 2.12. The minimum absolute atomic E-state index is 0.671. The lowest BCUT2D eigenvalue weighted by molar-refractivity contribution is 0.340. The molecule has 0 amide bonds. The van der Waals surface area contributed by atoms with E-state index >= 15 is 0 Å². The predicted octanol–water partition coefficient (Wildman–Crippen LogP) is 3.36. The quantitative estimate of drug-likeness (QED) is 0.844. The molecular weight excluding hydrogens is 252 g/mol. The van der Waals surface area contributed by atoms with E-state index in [0.29, 0.717) is 6.61 Å². The molecule has 20 heavy (non-hydrogen) atoms. The second-order valence-electron chi connectivity index (χ2n) is 4.30. The molecule has 0 atom stereocenters. The summed E-state index contributed by atoms with van der Waals surface area (Å²) in [5, 5.41) is 6.46. The van der Waals surface area contributed by atoms with E-state index in [4.69, 9.17) is 4.74 Å². The fraction of sp³-hybridized carbons (Fsp3) is 0.333. The van der Waals surface area contributed by atoms with Crippen molar-refractivity contribution in [1.29, 1.82) is 0 Å². The largest absolute Gasteiger partial charge is 0.494 e. The highest BCUT2D eigenvalue weighted by Gasteiger charge is 2.02. The normalized spacial score (nSPS) is 10.2.